The molecule has 1 fully saturated rings. The molecule has 7 aromatic rings. The van der Waals surface area contributed by atoms with Gasteiger partial charge in [-0.2, -0.15) is 13.2 Å². The van der Waals surface area contributed by atoms with Crippen molar-refractivity contribution in [2.24, 2.45) is 5.92 Å². The van der Waals surface area contributed by atoms with Gasteiger partial charge in [0.1, 0.15) is 16.9 Å². The zero-order valence-corrected chi connectivity index (χ0v) is 35.8. The van der Waals surface area contributed by atoms with E-state index in [0.29, 0.717) is 22.2 Å². The predicted molar refractivity (Wildman–Crippen MR) is 231 cm³/mol. The molecule has 2 aliphatic rings. The molecule has 19 heteroatoms. The lowest BCUT2D eigenvalue weighted by Crippen LogP contribution is -2.35. The second-order valence-electron chi connectivity index (χ2n) is 17.0. The molecule has 64 heavy (non-hydrogen) atoms. The Morgan fingerprint density at radius 3 is 2.39 bits per heavy atom. The molecule has 0 radical (unpaired) electrons. The van der Waals surface area contributed by atoms with Crippen molar-refractivity contribution >= 4 is 51.7 Å². The molecule has 328 valence electrons. The van der Waals surface area contributed by atoms with Gasteiger partial charge in [-0.1, -0.05) is 47.1 Å². The first-order valence-electron chi connectivity index (χ1n) is 20.4. The van der Waals surface area contributed by atoms with Crippen LogP contribution in [0.3, 0.4) is 0 Å². The van der Waals surface area contributed by atoms with Crippen molar-refractivity contribution in [3.05, 3.63) is 129 Å². The van der Waals surface area contributed by atoms with Gasteiger partial charge in [-0.25, -0.2) is 19.0 Å². The molecule has 4 aromatic heterocycles. The van der Waals surface area contributed by atoms with Gasteiger partial charge in [0.2, 0.25) is 0 Å². The zero-order valence-electron chi connectivity index (χ0n) is 35.1. The van der Waals surface area contributed by atoms with Crippen LogP contribution in [0.15, 0.2) is 90.0 Å². The summed E-state index contributed by atoms with van der Waals surface area (Å²) in [6, 6.07) is 18.6. The number of fused-ring (bicyclic) bond motifs is 3. The second-order valence-corrected chi connectivity index (χ2v) is 17.4. The number of carbonyl (C=O) groups is 3. The Morgan fingerprint density at radius 1 is 0.938 bits per heavy atom. The monoisotopic (exact) mass is 892 g/mol. The molecule has 15 nitrogen and oxygen atoms in total. The predicted octanol–water partition coefficient (Wildman–Crippen LogP) is 8.55. The number of ether oxygens (including phenoxy) is 1. The summed E-state index contributed by atoms with van der Waals surface area (Å²) in [5, 5.41) is 19.4. The number of benzene rings is 3. The van der Waals surface area contributed by atoms with E-state index < -0.39 is 46.8 Å². The number of para-hydroxylation sites is 1. The molecule has 0 unspecified atom stereocenters. The van der Waals surface area contributed by atoms with E-state index in [4.69, 9.17) is 21.3 Å². The van der Waals surface area contributed by atoms with Crippen molar-refractivity contribution in [1.29, 1.82) is 0 Å². The number of carbonyl (C=O) groups excluding carboxylic acids is 3. The summed E-state index contributed by atoms with van der Waals surface area (Å²) in [5.41, 5.74) is -1.43. The van der Waals surface area contributed by atoms with E-state index in [9.17, 15) is 32.3 Å². The molecule has 0 spiro atoms. The third kappa shape index (κ3) is 7.82. The minimum Gasteiger partial charge on any atom is -0.444 e. The second kappa shape index (κ2) is 15.6. The average molecular weight is 893 g/mol. The van der Waals surface area contributed by atoms with Crippen LogP contribution in [-0.2, 0) is 17.5 Å². The van der Waals surface area contributed by atoms with Gasteiger partial charge < -0.3 is 15.0 Å². The van der Waals surface area contributed by atoms with Gasteiger partial charge in [0.15, 0.2) is 11.5 Å². The highest BCUT2D eigenvalue weighted by Crippen LogP contribution is 2.43. The lowest BCUT2D eigenvalue weighted by molar-refractivity contribution is -0.138. The molecule has 0 saturated heterocycles. The van der Waals surface area contributed by atoms with Crippen LogP contribution in [-0.4, -0.2) is 68.6 Å². The standard InChI is InChI=1S/C45H40ClF3N10O5/c1-23(34-19-26-10-9-13-31(46)36(26)42(62)59(34)28-11-7-6-8-12-28)50-40(60)37-38(52-43(63)64-44(3,4)5)54-57-17-16-32(51-39(37)57)33-22-58(55-53-33)29-18-27-21-56(24(2)25-14-15-25)41(61)35(27)30(20-29)45(47,48)49/h6-13,16-20,22-25H,14-15,21H2,1-5H3,(H,50,60)(H,52,54,63)/t23-,24-/m0/s1. The fourth-order valence-corrected chi connectivity index (χ4v) is 8.36. The van der Waals surface area contributed by atoms with Gasteiger partial charge in [-0.05, 0) is 107 Å². The minimum absolute atomic E-state index is 0.0335. The number of aromatic nitrogens is 7. The Balaban J connectivity index is 1.09. The molecule has 1 aliphatic carbocycles. The van der Waals surface area contributed by atoms with E-state index in [1.165, 1.54) is 43.2 Å². The van der Waals surface area contributed by atoms with E-state index in [1.807, 2.05) is 13.0 Å². The van der Waals surface area contributed by atoms with Gasteiger partial charge in [0, 0.05) is 30.2 Å². The number of nitrogens with one attached hydrogen (secondary N) is 2. The highest BCUT2D eigenvalue weighted by Gasteiger charge is 2.45. The molecule has 3 amide bonds. The maximum absolute atomic E-state index is 14.6. The van der Waals surface area contributed by atoms with Crippen LogP contribution in [0.25, 0.3) is 39.2 Å². The molecule has 5 heterocycles. The van der Waals surface area contributed by atoms with E-state index in [1.54, 1.807) is 76.2 Å². The van der Waals surface area contributed by atoms with E-state index in [-0.39, 0.29) is 68.8 Å². The van der Waals surface area contributed by atoms with E-state index >= 15 is 0 Å². The summed E-state index contributed by atoms with van der Waals surface area (Å²) in [7, 11) is 0. The molecule has 1 saturated carbocycles. The molecule has 0 bridgehead atoms. The Labute approximate surface area is 367 Å². The molecule has 3 aromatic carbocycles. The number of anilines is 1. The van der Waals surface area contributed by atoms with E-state index in [0.717, 1.165) is 18.9 Å². The average Bonchev–Trinajstić information content (AvgIpc) is 3.71. The number of hydrogen-bond acceptors (Lipinski definition) is 9. The summed E-state index contributed by atoms with van der Waals surface area (Å²) in [4.78, 5) is 61.3. The van der Waals surface area contributed by atoms with Gasteiger partial charge >= 0.3 is 12.3 Å². The van der Waals surface area contributed by atoms with Crippen molar-refractivity contribution in [1.82, 2.24) is 44.4 Å². The maximum atomic E-state index is 14.6. The summed E-state index contributed by atoms with van der Waals surface area (Å²) in [5.74, 6) is -1.32. The van der Waals surface area contributed by atoms with E-state index in [2.05, 4.69) is 26.0 Å². The Kier molecular flexibility index (Phi) is 10.3. The summed E-state index contributed by atoms with van der Waals surface area (Å²) in [6.07, 6.45) is -1.03. The van der Waals surface area contributed by atoms with Crippen LogP contribution >= 0.6 is 11.6 Å². The first-order valence-corrected chi connectivity index (χ1v) is 20.8. The summed E-state index contributed by atoms with van der Waals surface area (Å²) < 4.78 is 53.0. The van der Waals surface area contributed by atoms with Crippen molar-refractivity contribution in [2.75, 3.05) is 5.32 Å². The number of pyridine rings is 1. The third-order valence-corrected chi connectivity index (χ3v) is 11.6. The van der Waals surface area contributed by atoms with Crippen LogP contribution in [0.2, 0.25) is 5.02 Å². The topological polar surface area (TPSA) is 171 Å². The summed E-state index contributed by atoms with van der Waals surface area (Å²) >= 11 is 6.51. The van der Waals surface area contributed by atoms with Crippen molar-refractivity contribution in [3.8, 4) is 22.8 Å². The number of hydrogen-bond donors (Lipinski definition) is 2. The Bertz CT molecular complexity index is 3100. The highest BCUT2D eigenvalue weighted by atomic mass is 35.5. The van der Waals surface area contributed by atoms with Gasteiger partial charge in [-0.3, -0.25) is 24.3 Å². The molecule has 2 atom stereocenters. The van der Waals surface area contributed by atoms with Gasteiger partial charge in [-0.15, -0.1) is 10.2 Å². The quantitative estimate of drug-likeness (QED) is 0.144. The van der Waals surface area contributed by atoms with Crippen LogP contribution in [0, 0.1) is 5.92 Å². The first-order chi connectivity index (χ1) is 30.4. The number of halogens is 4. The van der Waals surface area contributed by atoms with Crippen LogP contribution < -0.4 is 16.2 Å². The number of amides is 3. The maximum Gasteiger partial charge on any atom is 0.417 e. The molecular weight excluding hydrogens is 853 g/mol. The molecule has 1 aliphatic heterocycles. The third-order valence-electron chi connectivity index (χ3n) is 11.3. The number of nitrogens with zero attached hydrogens (tertiary/aromatic N) is 8. The largest absolute Gasteiger partial charge is 0.444 e. The first kappa shape index (κ1) is 42.2. The van der Waals surface area contributed by atoms with Crippen LogP contribution in [0.1, 0.15) is 91.0 Å². The summed E-state index contributed by atoms with van der Waals surface area (Å²) in [6.45, 7) is 8.61. The molecule has 9 rings (SSSR count). The zero-order chi connectivity index (χ0) is 45.4. The molecular formula is C45H40ClF3N10O5. The molecule has 2 N–H and O–H groups in total. The normalized spacial score (nSPS) is 15.1. The van der Waals surface area contributed by atoms with Crippen LogP contribution in [0.4, 0.5) is 23.8 Å². The lowest BCUT2D eigenvalue weighted by atomic mass is 10.0. The highest BCUT2D eigenvalue weighted by molar-refractivity contribution is 6.35. The van der Waals surface area contributed by atoms with Gasteiger partial charge in [0.05, 0.1) is 45.2 Å². The SMILES string of the molecule is C[C@H](NC(=O)c1c(NC(=O)OC(C)(C)C)nn2ccc(-c3cn(-c4cc5c(c(C(F)(F)F)c4)C(=O)N([C@@H](C)C4CC4)C5)nn3)nc12)c1cc2cccc(Cl)c2c(=O)n1-c1ccccc1. The Hall–Kier alpha value is -7.08. The minimum atomic E-state index is -4.83. The number of alkyl halides is 3. The Morgan fingerprint density at radius 2 is 1.69 bits per heavy atom. The van der Waals surface area contributed by atoms with Crippen molar-refractivity contribution < 1.29 is 32.3 Å². The lowest BCUT2D eigenvalue weighted by Gasteiger charge is -2.24. The van der Waals surface area contributed by atoms with Crippen molar-refractivity contribution in [3.63, 3.8) is 0 Å². The van der Waals surface area contributed by atoms with Crippen LogP contribution in [0.5, 0.6) is 0 Å². The van der Waals surface area contributed by atoms with Gasteiger partial charge in [0.25, 0.3) is 17.4 Å². The number of rotatable bonds is 9. The smallest absolute Gasteiger partial charge is 0.417 e. The fourth-order valence-electron chi connectivity index (χ4n) is 8.10. The fraction of sp³-hybridized carbons (Fsp3) is 0.289. The van der Waals surface area contributed by atoms with Crippen molar-refractivity contribution in [2.45, 2.75) is 77.9 Å².